The fourth-order valence-electron chi connectivity index (χ4n) is 1.29. The molecule has 4 heteroatoms. The van der Waals surface area contributed by atoms with E-state index in [2.05, 4.69) is 18.2 Å². The molecule has 0 saturated carbocycles. The predicted molar refractivity (Wildman–Crippen MR) is 71.4 cm³/mol. The van der Waals surface area contributed by atoms with E-state index in [4.69, 9.17) is 9.84 Å². The summed E-state index contributed by atoms with van der Waals surface area (Å²) in [4.78, 5) is 10.2. The van der Waals surface area contributed by atoms with Gasteiger partial charge in [-0.3, -0.25) is 4.79 Å². The first-order valence-corrected chi connectivity index (χ1v) is 5.66. The number of carboxylic acids is 1. The van der Waals surface area contributed by atoms with Gasteiger partial charge in [0.2, 0.25) is 0 Å². The third-order valence-electron chi connectivity index (χ3n) is 2.04. The molecule has 2 rings (SSSR count). The third kappa shape index (κ3) is 9.40. The molecule has 0 bridgehead atoms. The molecule has 1 heterocycles. The maximum Gasteiger partial charge on any atom is 0.307 e. The first kappa shape index (κ1) is 16.2. The number of rotatable bonds is 2. The Kier molecular flexibility index (Phi) is 10.5. The first-order chi connectivity index (χ1) is 8.79. The molecule has 0 radical (unpaired) electrons. The van der Waals surface area contributed by atoms with E-state index in [-0.39, 0.29) is 6.42 Å². The van der Waals surface area contributed by atoms with Crippen LogP contribution in [0.25, 0.3) is 0 Å². The van der Waals surface area contributed by atoms with Crippen LogP contribution in [0.3, 0.4) is 0 Å². The van der Waals surface area contributed by atoms with Gasteiger partial charge >= 0.3 is 5.97 Å². The van der Waals surface area contributed by atoms with Crippen LogP contribution in [0.4, 0.5) is 0 Å². The molecule has 1 aliphatic rings. The van der Waals surface area contributed by atoms with E-state index in [1.54, 1.807) is 12.1 Å². The second kappa shape index (κ2) is 11.6. The molecule has 4 nitrogen and oxygen atoms in total. The summed E-state index contributed by atoms with van der Waals surface area (Å²) in [7, 11) is 0. The van der Waals surface area contributed by atoms with Gasteiger partial charge < -0.3 is 15.2 Å². The zero-order chi connectivity index (χ0) is 13.6. The summed E-state index contributed by atoms with van der Waals surface area (Å²) >= 11 is 0. The quantitative estimate of drug-likeness (QED) is 0.772. The number of morpholine rings is 1. The van der Waals surface area contributed by atoms with E-state index in [1.807, 2.05) is 18.2 Å². The highest BCUT2D eigenvalue weighted by atomic mass is 16.5. The Labute approximate surface area is 108 Å². The number of carboxylic acid groups (broad SMARTS) is 1. The molecule has 0 aromatic heterocycles. The summed E-state index contributed by atoms with van der Waals surface area (Å²) in [6, 6.07) is 9.13. The Hall–Kier alpha value is -1.83. The van der Waals surface area contributed by atoms with Gasteiger partial charge in [0.25, 0.3) is 0 Å². The fourth-order valence-corrected chi connectivity index (χ4v) is 1.29. The standard InChI is InChI=1S/C8H8O2.C4H9NO.C2H2/c9-8(10)6-7-4-2-1-3-5-7;1-3-6-4-2-5-1;1-2/h1-5H,6H2,(H,9,10);5H,1-4H2;1-2H. The van der Waals surface area contributed by atoms with Gasteiger partial charge in [-0.1, -0.05) is 30.3 Å². The van der Waals surface area contributed by atoms with Crippen LogP contribution in [-0.2, 0) is 16.0 Å². The van der Waals surface area contributed by atoms with Crippen molar-refractivity contribution in [2.75, 3.05) is 26.3 Å². The van der Waals surface area contributed by atoms with E-state index in [0.29, 0.717) is 0 Å². The van der Waals surface area contributed by atoms with Gasteiger partial charge in [-0.15, -0.1) is 12.8 Å². The summed E-state index contributed by atoms with van der Waals surface area (Å²) in [6.07, 6.45) is 8.11. The van der Waals surface area contributed by atoms with Gasteiger partial charge in [-0.05, 0) is 5.56 Å². The van der Waals surface area contributed by atoms with E-state index < -0.39 is 5.97 Å². The highest BCUT2D eigenvalue weighted by Gasteiger charge is 1.96. The summed E-state index contributed by atoms with van der Waals surface area (Å²) in [5, 5.41) is 11.5. The van der Waals surface area contributed by atoms with Crippen LogP contribution >= 0.6 is 0 Å². The number of hydrogen-bond acceptors (Lipinski definition) is 3. The second-order valence-electron chi connectivity index (χ2n) is 3.42. The van der Waals surface area contributed by atoms with Crippen molar-refractivity contribution in [3.05, 3.63) is 35.9 Å². The van der Waals surface area contributed by atoms with Crippen LogP contribution in [0.15, 0.2) is 30.3 Å². The van der Waals surface area contributed by atoms with Gasteiger partial charge in [0.15, 0.2) is 0 Å². The van der Waals surface area contributed by atoms with Gasteiger partial charge in [-0.25, -0.2) is 0 Å². The highest BCUT2D eigenvalue weighted by Crippen LogP contribution is 1.98. The Bertz CT molecular complexity index is 320. The smallest absolute Gasteiger partial charge is 0.307 e. The van der Waals surface area contributed by atoms with Gasteiger partial charge in [0.05, 0.1) is 19.6 Å². The molecule has 1 fully saturated rings. The Balaban J connectivity index is 0.000000308. The number of hydrogen-bond donors (Lipinski definition) is 2. The Morgan fingerprint density at radius 3 is 2.11 bits per heavy atom. The lowest BCUT2D eigenvalue weighted by molar-refractivity contribution is -0.136. The number of aliphatic carboxylic acids is 1. The molecule has 98 valence electrons. The van der Waals surface area contributed by atoms with Crippen molar-refractivity contribution in [3.8, 4) is 12.8 Å². The molecule has 0 atom stereocenters. The molecule has 1 aliphatic heterocycles. The SMILES string of the molecule is C#C.C1COCCN1.O=C(O)Cc1ccccc1. The fraction of sp³-hybridized carbons (Fsp3) is 0.357. The molecule has 1 aromatic carbocycles. The molecule has 0 aliphatic carbocycles. The van der Waals surface area contributed by atoms with Crippen LogP contribution in [0.1, 0.15) is 5.56 Å². The second-order valence-corrected chi connectivity index (χ2v) is 3.42. The minimum atomic E-state index is -0.786. The van der Waals surface area contributed by atoms with Crippen molar-refractivity contribution in [3.63, 3.8) is 0 Å². The van der Waals surface area contributed by atoms with Crippen molar-refractivity contribution in [1.29, 1.82) is 0 Å². The molecular formula is C14H19NO3. The molecule has 0 spiro atoms. The minimum absolute atomic E-state index is 0.112. The van der Waals surface area contributed by atoms with Crippen molar-refractivity contribution in [1.82, 2.24) is 5.32 Å². The lowest BCUT2D eigenvalue weighted by Crippen LogP contribution is -2.30. The predicted octanol–water partition coefficient (Wildman–Crippen LogP) is 1.17. The van der Waals surface area contributed by atoms with Crippen molar-refractivity contribution in [2.24, 2.45) is 0 Å². The normalized spacial score (nSPS) is 13.2. The average molecular weight is 249 g/mol. The Morgan fingerprint density at radius 1 is 1.22 bits per heavy atom. The van der Waals surface area contributed by atoms with E-state index in [9.17, 15) is 4.79 Å². The molecule has 18 heavy (non-hydrogen) atoms. The monoisotopic (exact) mass is 249 g/mol. The summed E-state index contributed by atoms with van der Waals surface area (Å²) in [6.45, 7) is 3.83. The van der Waals surface area contributed by atoms with Crippen LogP contribution in [0.5, 0.6) is 0 Å². The lowest BCUT2D eigenvalue weighted by Gasteiger charge is -2.10. The van der Waals surface area contributed by atoms with Crippen molar-refractivity contribution < 1.29 is 14.6 Å². The number of nitrogens with one attached hydrogen (secondary N) is 1. The van der Waals surface area contributed by atoms with E-state index in [0.717, 1.165) is 31.9 Å². The van der Waals surface area contributed by atoms with E-state index in [1.165, 1.54) is 0 Å². The van der Waals surface area contributed by atoms with E-state index >= 15 is 0 Å². The maximum atomic E-state index is 10.2. The van der Waals surface area contributed by atoms with Crippen LogP contribution < -0.4 is 5.32 Å². The van der Waals surface area contributed by atoms with Gasteiger partial charge in [0, 0.05) is 13.1 Å². The number of carbonyl (C=O) groups is 1. The largest absolute Gasteiger partial charge is 0.481 e. The van der Waals surface area contributed by atoms with Gasteiger partial charge in [0.1, 0.15) is 0 Å². The molecular weight excluding hydrogens is 230 g/mol. The van der Waals surface area contributed by atoms with Crippen LogP contribution in [-0.4, -0.2) is 37.4 Å². The summed E-state index contributed by atoms with van der Waals surface area (Å²) in [5.41, 5.74) is 0.843. The van der Waals surface area contributed by atoms with Crippen molar-refractivity contribution in [2.45, 2.75) is 6.42 Å². The molecule has 1 saturated heterocycles. The number of terminal acetylenes is 1. The molecule has 0 unspecified atom stereocenters. The summed E-state index contributed by atoms with van der Waals surface area (Å²) < 4.78 is 5.01. The zero-order valence-corrected chi connectivity index (χ0v) is 10.3. The van der Waals surface area contributed by atoms with Crippen molar-refractivity contribution >= 4 is 5.97 Å². The van der Waals surface area contributed by atoms with Crippen LogP contribution in [0, 0.1) is 12.8 Å². The Morgan fingerprint density at radius 2 is 1.78 bits per heavy atom. The maximum absolute atomic E-state index is 10.2. The minimum Gasteiger partial charge on any atom is -0.481 e. The highest BCUT2D eigenvalue weighted by molar-refractivity contribution is 5.70. The topological polar surface area (TPSA) is 58.6 Å². The first-order valence-electron chi connectivity index (χ1n) is 5.66. The average Bonchev–Trinajstić information content (AvgIpc) is 2.44. The van der Waals surface area contributed by atoms with Gasteiger partial charge in [-0.2, -0.15) is 0 Å². The van der Waals surface area contributed by atoms with Crippen LogP contribution in [0.2, 0.25) is 0 Å². The lowest BCUT2D eigenvalue weighted by atomic mass is 10.2. The third-order valence-corrected chi connectivity index (χ3v) is 2.04. The number of ether oxygens (including phenoxy) is 1. The summed E-state index contributed by atoms with van der Waals surface area (Å²) in [5.74, 6) is -0.786. The number of benzene rings is 1. The molecule has 2 N–H and O–H groups in total. The molecule has 0 amide bonds. The molecule has 1 aromatic rings. The zero-order valence-electron chi connectivity index (χ0n) is 10.3.